The van der Waals surface area contributed by atoms with Gasteiger partial charge in [0.1, 0.15) is 11.6 Å². The molecule has 0 fully saturated rings. The summed E-state index contributed by atoms with van der Waals surface area (Å²) in [7, 11) is 1.43. The monoisotopic (exact) mass is 212 g/mol. The molecule has 0 aliphatic heterocycles. The van der Waals surface area contributed by atoms with Crippen molar-refractivity contribution in [3.8, 4) is 5.75 Å². The Bertz CT molecular complexity index is 363. The molecule has 0 saturated carbocycles. The van der Waals surface area contributed by atoms with Gasteiger partial charge in [-0.3, -0.25) is 4.79 Å². The lowest BCUT2D eigenvalue weighted by molar-refractivity contribution is -0.141. The molecular weight excluding hydrogens is 199 g/mol. The van der Waals surface area contributed by atoms with Crippen LogP contribution in [-0.2, 0) is 11.2 Å². The standard InChI is InChI=1S/C11H13FO3/c1-7(11(13)14)6-8-9(12)4-3-5-10(8)15-2/h3-5,7H,6H2,1-2H3,(H,13,14). The summed E-state index contributed by atoms with van der Waals surface area (Å²) in [6.45, 7) is 1.54. The molecule has 82 valence electrons. The molecule has 3 nitrogen and oxygen atoms in total. The number of aliphatic carboxylic acids is 1. The topological polar surface area (TPSA) is 46.5 Å². The van der Waals surface area contributed by atoms with Gasteiger partial charge in [0.15, 0.2) is 0 Å². The number of hydrogen-bond acceptors (Lipinski definition) is 2. The van der Waals surface area contributed by atoms with Crippen LogP contribution in [0.3, 0.4) is 0 Å². The molecule has 1 aromatic rings. The summed E-state index contributed by atoms with van der Waals surface area (Å²) >= 11 is 0. The van der Waals surface area contributed by atoms with Crippen molar-refractivity contribution in [2.24, 2.45) is 5.92 Å². The Morgan fingerprint density at radius 3 is 2.80 bits per heavy atom. The van der Waals surface area contributed by atoms with Crippen LogP contribution in [0.2, 0.25) is 0 Å². The molecule has 0 amide bonds. The van der Waals surface area contributed by atoms with Crippen LogP contribution >= 0.6 is 0 Å². The van der Waals surface area contributed by atoms with Crippen molar-refractivity contribution in [2.45, 2.75) is 13.3 Å². The number of ether oxygens (including phenoxy) is 1. The third kappa shape index (κ3) is 2.68. The van der Waals surface area contributed by atoms with Crippen molar-refractivity contribution < 1.29 is 19.0 Å². The van der Waals surface area contributed by atoms with Gasteiger partial charge in [-0.15, -0.1) is 0 Å². The largest absolute Gasteiger partial charge is 0.496 e. The summed E-state index contributed by atoms with van der Waals surface area (Å²) in [5.74, 6) is -1.61. The maximum Gasteiger partial charge on any atom is 0.306 e. The van der Waals surface area contributed by atoms with Gasteiger partial charge in [-0.25, -0.2) is 4.39 Å². The molecule has 1 N–H and O–H groups in total. The highest BCUT2D eigenvalue weighted by Crippen LogP contribution is 2.24. The Hall–Kier alpha value is -1.58. The Morgan fingerprint density at radius 2 is 2.27 bits per heavy atom. The first-order valence-electron chi connectivity index (χ1n) is 4.60. The van der Waals surface area contributed by atoms with Crippen molar-refractivity contribution in [3.05, 3.63) is 29.6 Å². The smallest absolute Gasteiger partial charge is 0.306 e. The van der Waals surface area contributed by atoms with Gasteiger partial charge in [0.2, 0.25) is 0 Å². The molecule has 0 aromatic heterocycles. The minimum Gasteiger partial charge on any atom is -0.496 e. The number of carbonyl (C=O) groups is 1. The predicted octanol–water partition coefficient (Wildman–Crippen LogP) is 2.10. The van der Waals surface area contributed by atoms with Crippen LogP contribution in [0, 0.1) is 11.7 Å². The highest BCUT2D eigenvalue weighted by molar-refractivity contribution is 5.70. The van der Waals surface area contributed by atoms with Crippen molar-refractivity contribution in [2.75, 3.05) is 7.11 Å². The predicted molar refractivity (Wildman–Crippen MR) is 53.5 cm³/mol. The summed E-state index contributed by atoms with van der Waals surface area (Å²) in [5.41, 5.74) is 0.315. The lowest BCUT2D eigenvalue weighted by atomic mass is 10.00. The normalized spacial score (nSPS) is 12.2. The maximum absolute atomic E-state index is 13.4. The van der Waals surface area contributed by atoms with Crippen LogP contribution < -0.4 is 4.74 Å². The van der Waals surface area contributed by atoms with E-state index in [0.29, 0.717) is 11.3 Å². The molecule has 1 aromatic carbocycles. The minimum atomic E-state index is -0.944. The second-order valence-corrected chi connectivity index (χ2v) is 3.36. The van der Waals surface area contributed by atoms with Crippen LogP contribution in [0.15, 0.2) is 18.2 Å². The molecule has 1 unspecified atom stereocenters. The highest BCUT2D eigenvalue weighted by atomic mass is 19.1. The van der Waals surface area contributed by atoms with Gasteiger partial charge in [-0.1, -0.05) is 13.0 Å². The zero-order chi connectivity index (χ0) is 11.4. The van der Waals surface area contributed by atoms with E-state index in [1.807, 2.05) is 0 Å². The number of halogens is 1. The summed E-state index contributed by atoms with van der Waals surface area (Å²) in [5, 5.41) is 8.73. The molecule has 15 heavy (non-hydrogen) atoms. The SMILES string of the molecule is COc1cccc(F)c1CC(C)C(=O)O. The van der Waals surface area contributed by atoms with E-state index in [1.54, 1.807) is 6.07 Å². The van der Waals surface area contributed by atoms with E-state index in [-0.39, 0.29) is 6.42 Å². The minimum absolute atomic E-state index is 0.130. The van der Waals surface area contributed by atoms with Gasteiger partial charge < -0.3 is 9.84 Å². The van der Waals surface area contributed by atoms with Crippen LogP contribution in [0.4, 0.5) is 4.39 Å². The van der Waals surface area contributed by atoms with E-state index < -0.39 is 17.7 Å². The van der Waals surface area contributed by atoms with E-state index in [2.05, 4.69) is 0 Å². The molecule has 0 heterocycles. The number of hydrogen-bond donors (Lipinski definition) is 1. The summed E-state index contributed by atoms with van der Waals surface area (Å²) in [6, 6.07) is 4.45. The molecule has 0 spiro atoms. The maximum atomic E-state index is 13.4. The molecule has 1 atom stereocenters. The molecule has 0 aliphatic carbocycles. The van der Waals surface area contributed by atoms with Crippen LogP contribution in [0.5, 0.6) is 5.75 Å². The zero-order valence-corrected chi connectivity index (χ0v) is 8.66. The summed E-state index contributed by atoms with van der Waals surface area (Å²) in [6.07, 6.45) is 0.130. The number of methoxy groups -OCH3 is 1. The first-order chi connectivity index (χ1) is 7.06. The average molecular weight is 212 g/mol. The zero-order valence-electron chi connectivity index (χ0n) is 8.66. The van der Waals surface area contributed by atoms with E-state index in [1.165, 1.54) is 26.2 Å². The Balaban J connectivity index is 2.97. The van der Waals surface area contributed by atoms with E-state index in [9.17, 15) is 9.18 Å². The average Bonchev–Trinajstić information content (AvgIpc) is 2.20. The molecule has 1 rings (SSSR count). The van der Waals surface area contributed by atoms with E-state index in [4.69, 9.17) is 9.84 Å². The molecule has 4 heteroatoms. The first kappa shape index (κ1) is 11.5. The third-order valence-electron chi connectivity index (χ3n) is 2.23. The van der Waals surface area contributed by atoms with E-state index >= 15 is 0 Å². The summed E-state index contributed by atoms with van der Waals surface area (Å²) < 4.78 is 18.4. The Morgan fingerprint density at radius 1 is 1.60 bits per heavy atom. The molecule has 0 radical (unpaired) electrons. The number of rotatable bonds is 4. The summed E-state index contributed by atoms with van der Waals surface area (Å²) in [4.78, 5) is 10.7. The fraction of sp³-hybridized carbons (Fsp3) is 0.364. The quantitative estimate of drug-likeness (QED) is 0.831. The van der Waals surface area contributed by atoms with Crippen molar-refractivity contribution >= 4 is 5.97 Å². The fourth-order valence-corrected chi connectivity index (χ4v) is 1.32. The molecule has 0 aliphatic rings. The molecule has 0 saturated heterocycles. The fourth-order valence-electron chi connectivity index (χ4n) is 1.32. The first-order valence-corrected chi connectivity index (χ1v) is 4.60. The third-order valence-corrected chi connectivity index (χ3v) is 2.23. The van der Waals surface area contributed by atoms with Crippen LogP contribution in [0.25, 0.3) is 0 Å². The van der Waals surface area contributed by atoms with Crippen molar-refractivity contribution in [1.82, 2.24) is 0 Å². The number of benzene rings is 1. The second-order valence-electron chi connectivity index (χ2n) is 3.36. The van der Waals surface area contributed by atoms with Crippen LogP contribution in [-0.4, -0.2) is 18.2 Å². The Labute approximate surface area is 87.5 Å². The van der Waals surface area contributed by atoms with Crippen LogP contribution in [0.1, 0.15) is 12.5 Å². The number of carboxylic acid groups (broad SMARTS) is 1. The lowest BCUT2D eigenvalue weighted by Gasteiger charge is -2.11. The van der Waals surface area contributed by atoms with Crippen molar-refractivity contribution in [3.63, 3.8) is 0 Å². The van der Waals surface area contributed by atoms with Gasteiger partial charge in [0.05, 0.1) is 13.0 Å². The van der Waals surface area contributed by atoms with Gasteiger partial charge >= 0.3 is 5.97 Å². The number of carboxylic acids is 1. The second kappa shape index (κ2) is 4.77. The van der Waals surface area contributed by atoms with Gasteiger partial charge in [-0.2, -0.15) is 0 Å². The highest BCUT2D eigenvalue weighted by Gasteiger charge is 2.17. The Kier molecular flexibility index (Phi) is 3.66. The lowest BCUT2D eigenvalue weighted by Crippen LogP contribution is -2.13. The van der Waals surface area contributed by atoms with Gasteiger partial charge in [0, 0.05) is 5.56 Å². The molecular formula is C11H13FO3. The molecule has 0 bridgehead atoms. The van der Waals surface area contributed by atoms with E-state index in [0.717, 1.165) is 0 Å². The van der Waals surface area contributed by atoms with Gasteiger partial charge in [0.25, 0.3) is 0 Å². The van der Waals surface area contributed by atoms with Crippen molar-refractivity contribution in [1.29, 1.82) is 0 Å². The van der Waals surface area contributed by atoms with Gasteiger partial charge in [-0.05, 0) is 18.6 Å².